The molecule has 14 heavy (non-hydrogen) atoms. The van der Waals surface area contributed by atoms with Crippen molar-refractivity contribution in [3.05, 3.63) is 22.2 Å². The maximum absolute atomic E-state index is 9.60. The van der Waals surface area contributed by atoms with Crippen molar-refractivity contribution in [1.29, 1.82) is 0 Å². The van der Waals surface area contributed by atoms with Gasteiger partial charge in [-0.05, 0) is 27.6 Å². The Morgan fingerprint density at radius 3 is 2.71 bits per heavy atom. The van der Waals surface area contributed by atoms with Crippen LogP contribution < -0.4 is 10.5 Å². The van der Waals surface area contributed by atoms with E-state index in [1.54, 1.807) is 12.1 Å². The molecular weight excluding hydrogens is 250 g/mol. The molecule has 0 unspecified atom stereocenters. The normalized spacial score (nSPS) is 12.6. The minimum absolute atomic E-state index is 0.0301. The van der Waals surface area contributed by atoms with Gasteiger partial charge in [-0.15, -0.1) is 0 Å². The van der Waals surface area contributed by atoms with Gasteiger partial charge in [0.2, 0.25) is 0 Å². The lowest BCUT2D eigenvalue weighted by Crippen LogP contribution is -2.12. The second-order valence-electron chi connectivity index (χ2n) is 2.77. The van der Waals surface area contributed by atoms with Gasteiger partial charge in [0.05, 0.1) is 17.7 Å². The number of aliphatic hydroxyl groups excluding tert-OH is 1. The molecular formula is C9H12BrNO3. The highest BCUT2D eigenvalue weighted by atomic mass is 79.9. The van der Waals surface area contributed by atoms with Gasteiger partial charge < -0.3 is 20.7 Å². The van der Waals surface area contributed by atoms with Crippen LogP contribution >= 0.6 is 15.9 Å². The molecule has 1 aromatic carbocycles. The second-order valence-corrected chi connectivity index (χ2v) is 3.56. The topological polar surface area (TPSA) is 75.7 Å². The van der Waals surface area contributed by atoms with Gasteiger partial charge in [-0.3, -0.25) is 0 Å². The molecule has 0 saturated carbocycles. The van der Waals surface area contributed by atoms with Crippen LogP contribution in [0.5, 0.6) is 11.5 Å². The molecule has 0 saturated heterocycles. The number of aliphatic hydroxyl groups is 1. The molecule has 4 N–H and O–H groups in total. The van der Waals surface area contributed by atoms with E-state index in [9.17, 15) is 10.2 Å². The van der Waals surface area contributed by atoms with Crippen molar-refractivity contribution in [2.45, 2.75) is 6.10 Å². The Balaban J connectivity index is 3.17. The monoisotopic (exact) mass is 261 g/mol. The van der Waals surface area contributed by atoms with Gasteiger partial charge >= 0.3 is 0 Å². The fraction of sp³-hybridized carbons (Fsp3) is 0.333. The van der Waals surface area contributed by atoms with Gasteiger partial charge in [0.25, 0.3) is 0 Å². The first-order chi connectivity index (χ1) is 6.61. The molecule has 0 amide bonds. The molecule has 5 heteroatoms. The Labute approximate surface area is 90.4 Å². The Morgan fingerprint density at radius 2 is 2.21 bits per heavy atom. The summed E-state index contributed by atoms with van der Waals surface area (Å²) in [6, 6.07) is 3.23. The average molecular weight is 262 g/mol. The van der Waals surface area contributed by atoms with E-state index < -0.39 is 6.10 Å². The van der Waals surface area contributed by atoms with Gasteiger partial charge in [0.1, 0.15) is 0 Å². The largest absolute Gasteiger partial charge is 0.503 e. The predicted octanol–water partition coefficient (Wildman–Crippen LogP) is 1.16. The molecule has 0 bridgehead atoms. The lowest BCUT2D eigenvalue weighted by atomic mass is 10.1. The summed E-state index contributed by atoms with van der Waals surface area (Å²) in [5, 5.41) is 19.1. The number of halogens is 1. The van der Waals surface area contributed by atoms with E-state index in [1.807, 2.05) is 0 Å². The van der Waals surface area contributed by atoms with E-state index in [0.717, 1.165) is 0 Å². The summed E-state index contributed by atoms with van der Waals surface area (Å²) in [6.07, 6.45) is -0.791. The average Bonchev–Trinajstić information content (AvgIpc) is 2.21. The number of phenolic OH excluding ortho intramolecular Hbond substituents is 1. The van der Waals surface area contributed by atoms with Crippen LogP contribution in [-0.4, -0.2) is 23.9 Å². The smallest absolute Gasteiger partial charge is 0.172 e. The maximum atomic E-state index is 9.60. The minimum Gasteiger partial charge on any atom is -0.503 e. The van der Waals surface area contributed by atoms with Crippen LogP contribution in [0.2, 0.25) is 0 Å². The standard InChI is InChI=1S/C9H12BrNO3/c1-14-7-3-2-5(6(12)4-11)8(10)9(7)13/h2-3,6,12-13H,4,11H2,1H3/t6-/m0/s1. The molecule has 0 aliphatic rings. The highest BCUT2D eigenvalue weighted by molar-refractivity contribution is 9.10. The van der Waals surface area contributed by atoms with Crippen LogP contribution in [0.4, 0.5) is 0 Å². The van der Waals surface area contributed by atoms with Gasteiger partial charge in [-0.25, -0.2) is 0 Å². The first-order valence-corrected chi connectivity index (χ1v) is 4.84. The van der Waals surface area contributed by atoms with E-state index in [-0.39, 0.29) is 12.3 Å². The molecule has 4 nitrogen and oxygen atoms in total. The summed E-state index contributed by atoms with van der Waals surface area (Å²) in [4.78, 5) is 0. The van der Waals surface area contributed by atoms with Gasteiger partial charge in [0, 0.05) is 6.54 Å². The Morgan fingerprint density at radius 1 is 1.57 bits per heavy atom. The number of nitrogens with two attached hydrogens (primary N) is 1. The van der Waals surface area contributed by atoms with E-state index in [1.165, 1.54) is 7.11 Å². The van der Waals surface area contributed by atoms with E-state index in [2.05, 4.69) is 15.9 Å². The minimum atomic E-state index is -0.791. The molecule has 0 heterocycles. The Kier molecular flexibility index (Phi) is 3.74. The quantitative estimate of drug-likeness (QED) is 0.763. The number of hydrogen-bond acceptors (Lipinski definition) is 4. The lowest BCUT2D eigenvalue weighted by Gasteiger charge is -2.13. The third-order valence-electron chi connectivity index (χ3n) is 1.91. The molecule has 1 rings (SSSR count). The summed E-state index contributed by atoms with van der Waals surface area (Å²) in [7, 11) is 1.46. The van der Waals surface area contributed by atoms with E-state index in [4.69, 9.17) is 10.5 Å². The summed E-state index contributed by atoms with van der Waals surface area (Å²) in [5.41, 5.74) is 5.86. The Bertz CT molecular complexity index is 330. The van der Waals surface area contributed by atoms with Crippen LogP contribution in [0.1, 0.15) is 11.7 Å². The number of aromatic hydroxyl groups is 1. The number of rotatable bonds is 3. The fourth-order valence-electron chi connectivity index (χ4n) is 1.11. The summed E-state index contributed by atoms with van der Waals surface area (Å²) in [5.74, 6) is 0.322. The SMILES string of the molecule is COc1ccc([C@@H](O)CN)c(Br)c1O. The van der Waals surface area contributed by atoms with Crippen LogP contribution in [-0.2, 0) is 0 Å². The molecule has 0 aromatic heterocycles. The number of benzene rings is 1. The van der Waals surface area contributed by atoms with Crippen molar-refractivity contribution < 1.29 is 14.9 Å². The Hall–Kier alpha value is -0.780. The zero-order valence-corrected chi connectivity index (χ0v) is 9.28. The zero-order valence-electron chi connectivity index (χ0n) is 7.70. The third-order valence-corrected chi connectivity index (χ3v) is 2.74. The molecule has 0 radical (unpaired) electrons. The number of hydrogen-bond donors (Lipinski definition) is 3. The zero-order chi connectivity index (χ0) is 10.7. The molecule has 0 aliphatic carbocycles. The van der Waals surface area contributed by atoms with Gasteiger partial charge in [0.15, 0.2) is 11.5 Å². The molecule has 1 aromatic rings. The van der Waals surface area contributed by atoms with Crippen LogP contribution in [0, 0.1) is 0 Å². The van der Waals surface area contributed by atoms with Crippen molar-refractivity contribution in [2.24, 2.45) is 5.73 Å². The van der Waals surface area contributed by atoms with Crippen LogP contribution in [0.25, 0.3) is 0 Å². The van der Waals surface area contributed by atoms with Crippen molar-refractivity contribution in [3.8, 4) is 11.5 Å². The summed E-state index contributed by atoms with van der Waals surface area (Å²) >= 11 is 3.17. The van der Waals surface area contributed by atoms with Gasteiger partial charge in [-0.2, -0.15) is 0 Å². The highest BCUT2D eigenvalue weighted by Crippen LogP contribution is 2.38. The molecule has 0 aliphatic heterocycles. The highest BCUT2D eigenvalue weighted by Gasteiger charge is 2.15. The maximum Gasteiger partial charge on any atom is 0.172 e. The van der Waals surface area contributed by atoms with Crippen molar-refractivity contribution >= 4 is 15.9 Å². The van der Waals surface area contributed by atoms with Crippen molar-refractivity contribution in [3.63, 3.8) is 0 Å². The van der Waals surface area contributed by atoms with E-state index >= 15 is 0 Å². The van der Waals surface area contributed by atoms with Crippen LogP contribution in [0.15, 0.2) is 16.6 Å². The molecule has 0 fully saturated rings. The first-order valence-electron chi connectivity index (χ1n) is 4.05. The third kappa shape index (κ3) is 2.00. The summed E-state index contributed by atoms with van der Waals surface area (Å²) in [6.45, 7) is 0.102. The number of methoxy groups -OCH3 is 1. The molecule has 0 spiro atoms. The second kappa shape index (κ2) is 4.63. The number of ether oxygens (including phenoxy) is 1. The first kappa shape index (κ1) is 11.3. The van der Waals surface area contributed by atoms with Crippen LogP contribution in [0.3, 0.4) is 0 Å². The van der Waals surface area contributed by atoms with Crippen molar-refractivity contribution in [2.75, 3.05) is 13.7 Å². The number of phenols is 1. The lowest BCUT2D eigenvalue weighted by molar-refractivity contribution is 0.185. The van der Waals surface area contributed by atoms with E-state index in [0.29, 0.717) is 15.8 Å². The molecule has 1 atom stereocenters. The summed E-state index contributed by atoms with van der Waals surface area (Å²) < 4.78 is 5.31. The molecule has 78 valence electrons. The van der Waals surface area contributed by atoms with Gasteiger partial charge in [-0.1, -0.05) is 6.07 Å². The fourth-order valence-corrected chi connectivity index (χ4v) is 1.70. The van der Waals surface area contributed by atoms with Crippen molar-refractivity contribution in [1.82, 2.24) is 0 Å². The predicted molar refractivity (Wildman–Crippen MR) is 56.4 cm³/mol.